The molecule has 0 saturated carbocycles. The number of morpholine rings is 1. The summed E-state index contributed by atoms with van der Waals surface area (Å²) in [6.45, 7) is 0.410. The molecule has 0 radical (unpaired) electrons. The number of hydrogen-bond acceptors (Lipinski definition) is 7. The van der Waals surface area contributed by atoms with Gasteiger partial charge in [0.1, 0.15) is 11.2 Å². The lowest BCUT2D eigenvalue weighted by molar-refractivity contribution is -0.119. The van der Waals surface area contributed by atoms with Crippen molar-refractivity contribution in [2.45, 2.75) is 4.90 Å². The molecule has 0 spiro atoms. The third-order valence-electron chi connectivity index (χ3n) is 4.42. The Morgan fingerprint density at radius 1 is 1.13 bits per heavy atom. The summed E-state index contributed by atoms with van der Waals surface area (Å²) in [4.78, 5) is 34.7. The lowest BCUT2D eigenvalue weighted by Crippen LogP contribution is -2.40. The van der Waals surface area contributed by atoms with Gasteiger partial charge >= 0.3 is 5.97 Å². The van der Waals surface area contributed by atoms with Gasteiger partial charge in [-0.25, -0.2) is 13.2 Å². The molecule has 164 valence electrons. The van der Waals surface area contributed by atoms with Crippen molar-refractivity contribution < 1.29 is 32.3 Å². The standard InChI is InChI=1S/C20H19ClN2O7S/c21-17-6-5-16(11-18(17)31(27,28)23-7-9-29-10-8-23)22-19(25)13-30-20(26)15-3-1-14(12-24)2-4-15/h1-6,11-12H,7-10,13H2,(H,22,25). The van der Waals surface area contributed by atoms with Crippen molar-refractivity contribution >= 4 is 45.5 Å². The average molecular weight is 467 g/mol. The van der Waals surface area contributed by atoms with Crippen molar-refractivity contribution in [3.63, 3.8) is 0 Å². The summed E-state index contributed by atoms with van der Waals surface area (Å²) in [5.41, 5.74) is 0.774. The molecule has 1 saturated heterocycles. The van der Waals surface area contributed by atoms with Crippen molar-refractivity contribution in [3.8, 4) is 0 Å². The van der Waals surface area contributed by atoms with Crippen molar-refractivity contribution in [1.29, 1.82) is 0 Å². The third kappa shape index (κ3) is 5.67. The maximum absolute atomic E-state index is 12.8. The van der Waals surface area contributed by atoms with Gasteiger partial charge in [0.05, 0.1) is 23.8 Å². The minimum atomic E-state index is -3.86. The summed E-state index contributed by atoms with van der Waals surface area (Å²) in [5, 5.41) is 2.50. The van der Waals surface area contributed by atoms with Crippen LogP contribution in [0, 0.1) is 0 Å². The van der Waals surface area contributed by atoms with Crippen LogP contribution < -0.4 is 5.32 Å². The molecule has 31 heavy (non-hydrogen) atoms. The topological polar surface area (TPSA) is 119 Å². The van der Waals surface area contributed by atoms with Gasteiger partial charge in [-0.1, -0.05) is 23.7 Å². The van der Waals surface area contributed by atoms with Gasteiger partial charge in [-0.2, -0.15) is 4.31 Å². The lowest BCUT2D eigenvalue weighted by atomic mass is 10.1. The molecular formula is C20H19ClN2O7S. The first kappa shape index (κ1) is 22.9. The molecule has 0 unspecified atom stereocenters. The van der Waals surface area contributed by atoms with E-state index in [-0.39, 0.29) is 47.5 Å². The van der Waals surface area contributed by atoms with Crippen molar-refractivity contribution in [2.75, 3.05) is 38.2 Å². The highest BCUT2D eigenvalue weighted by atomic mass is 35.5. The molecular weight excluding hydrogens is 448 g/mol. The predicted octanol–water partition coefficient (Wildman–Crippen LogP) is 1.97. The number of benzene rings is 2. The normalized spacial score (nSPS) is 14.6. The maximum atomic E-state index is 12.8. The molecule has 1 amide bonds. The Morgan fingerprint density at radius 3 is 2.45 bits per heavy atom. The first-order chi connectivity index (χ1) is 14.8. The first-order valence-corrected chi connectivity index (χ1v) is 11.0. The first-order valence-electron chi connectivity index (χ1n) is 9.21. The van der Waals surface area contributed by atoms with Crippen LogP contribution in [0.3, 0.4) is 0 Å². The molecule has 11 heteroatoms. The summed E-state index contributed by atoms with van der Waals surface area (Å²) in [6, 6.07) is 9.79. The fourth-order valence-electron chi connectivity index (χ4n) is 2.81. The maximum Gasteiger partial charge on any atom is 0.338 e. The Kier molecular flexibility index (Phi) is 7.39. The zero-order valence-corrected chi connectivity index (χ0v) is 17.8. The van der Waals surface area contributed by atoms with E-state index < -0.39 is 28.5 Å². The molecule has 2 aromatic rings. The second-order valence-electron chi connectivity index (χ2n) is 6.53. The minimum absolute atomic E-state index is 0.0229. The molecule has 1 N–H and O–H groups in total. The molecule has 0 bridgehead atoms. The van der Waals surface area contributed by atoms with Crippen molar-refractivity contribution in [2.24, 2.45) is 0 Å². The fourth-order valence-corrected chi connectivity index (χ4v) is 4.72. The van der Waals surface area contributed by atoms with E-state index in [1.54, 1.807) is 0 Å². The average Bonchev–Trinajstić information content (AvgIpc) is 2.79. The summed E-state index contributed by atoms with van der Waals surface area (Å²) >= 11 is 6.09. The van der Waals surface area contributed by atoms with E-state index in [4.69, 9.17) is 21.1 Å². The summed E-state index contributed by atoms with van der Waals surface area (Å²) < 4.78 is 37.1. The number of amides is 1. The van der Waals surface area contributed by atoms with Gasteiger partial charge in [-0.15, -0.1) is 0 Å². The van der Waals surface area contributed by atoms with Crippen molar-refractivity contribution in [1.82, 2.24) is 4.31 Å². The smallest absolute Gasteiger partial charge is 0.338 e. The van der Waals surface area contributed by atoms with Gasteiger partial charge in [0.2, 0.25) is 10.0 Å². The number of sulfonamides is 1. The van der Waals surface area contributed by atoms with E-state index in [0.29, 0.717) is 11.8 Å². The largest absolute Gasteiger partial charge is 0.452 e. The third-order valence-corrected chi connectivity index (χ3v) is 6.80. The number of nitrogens with one attached hydrogen (secondary N) is 1. The summed E-state index contributed by atoms with van der Waals surface area (Å²) in [7, 11) is -3.86. The summed E-state index contributed by atoms with van der Waals surface area (Å²) in [5.74, 6) is -1.39. The Labute approximate surface area is 183 Å². The van der Waals surface area contributed by atoms with Crippen LogP contribution in [0.2, 0.25) is 5.02 Å². The van der Waals surface area contributed by atoms with Crippen LogP contribution in [-0.4, -0.2) is 63.8 Å². The number of aldehydes is 1. The molecule has 1 fully saturated rings. The molecule has 0 aliphatic carbocycles. The van der Waals surface area contributed by atoms with Gasteiger partial charge in [0, 0.05) is 24.3 Å². The number of nitrogens with zero attached hydrogens (tertiary/aromatic N) is 1. The SMILES string of the molecule is O=Cc1ccc(C(=O)OCC(=O)Nc2ccc(Cl)c(S(=O)(=O)N3CCOCC3)c2)cc1. The van der Waals surface area contributed by atoms with E-state index in [1.807, 2.05) is 0 Å². The van der Waals surface area contributed by atoms with Crippen LogP contribution in [0.1, 0.15) is 20.7 Å². The monoisotopic (exact) mass is 466 g/mol. The van der Waals surface area contributed by atoms with Crippen LogP contribution in [-0.2, 0) is 24.3 Å². The number of halogens is 1. The zero-order valence-electron chi connectivity index (χ0n) is 16.2. The number of hydrogen-bond donors (Lipinski definition) is 1. The number of anilines is 1. The van der Waals surface area contributed by atoms with Crippen LogP contribution in [0.25, 0.3) is 0 Å². The number of carbonyl (C=O) groups excluding carboxylic acids is 3. The van der Waals surface area contributed by atoms with E-state index >= 15 is 0 Å². The molecule has 1 heterocycles. The molecule has 0 aromatic heterocycles. The molecule has 1 aliphatic rings. The number of esters is 1. The second-order valence-corrected chi connectivity index (χ2v) is 8.84. The highest BCUT2D eigenvalue weighted by molar-refractivity contribution is 7.89. The Balaban J connectivity index is 1.64. The van der Waals surface area contributed by atoms with Crippen molar-refractivity contribution in [3.05, 3.63) is 58.6 Å². The van der Waals surface area contributed by atoms with Gasteiger partial charge in [0.25, 0.3) is 5.91 Å². The Bertz CT molecular complexity index is 1080. The van der Waals surface area contributed by atoms with E-state index in [1.165, 1.54) is 46.8 Å². The second kappa shape index (κ2) is 10.0. The highest BCUT2D eigenvalue weighted by Gasteiger charge is 2.28. The zero-order chi connectivity index (χ0) is 22.4. The molecule has 9 nitrogen and oxygen atoms in total. The Hall–Kier alpha value is -2.79. The number of carbonyl (C=O) groups is 3. The molecule has 1 aliphatic heterocycles. The van der Waals surface area contributed by atoms with E-state index in [0.717, 1.165) is 0 Å². The number of ether oxygens (including phenoxy) is 2. The predicted molar refractivity (Wildman–Crippen MR) is 112 cm³/mol. The van der Waals surface area contributed by atoms with Gasteiger partial charge < -0.3 is 14.8 Å². The highest BCUT2D eigenvalue weighted by Crippen LogP contribution is 2.28. The molecule has 2 aromatic carbocycles. The quantitative estimate of drug-likeness (QED) is 0.489. The molecule has 0 atom stereocenters. The minimum Gasteiger partial charge on any atom is -0.452 e. The van der Waals surface area contributed by atoms with Crippen LogP contribution in [0.5, 0.6) is 0 Å². The van der Waals surface area contributed by atoms with Crippen LogP contribution in [0.15, 0.2) is 47.4 Å². The number of rotatable bonds is 7. The van der Waals surface area contributed by atoms with Gasteiger partial charge in [-0.05, 0) is 30.3 Å². The molecule has 3 rings (SSSR count). The van der Waals surface area contributed by atoms with Crippen LogP contribution in [0.4, 0.5) is 5.69 Å². The lowest BCUT2D eigenvalue weighted by Gasteiger charge is -2.26. The van der Waals surface area contributed by atoms with E-state index in [9.17, 15) is 22.8 Å². The van der Waals surface area contributed by atoms with Gasteiger partial charge in [0.15, 0.2) is 6.61 Å². The van der Waals surface area contributed by atoms with Crippen LogP contribution >= 0.6 is 11.6 Å². The fraction of sp³-hybridized carbons (Fsp3) is 0.250. The summed E-state index contributed by atoms with van der Waals surface area (Å²) in [6.07, 6.45) is 0.641. The Morgan fingerprint density at radius 2 is 1.81 bits per heavy atom. The van der Waals surface area contributed by atoms with E-state index in [2.05, 4.69) is 5.32 Å². The van der Waals surface area contributed by atoms with Gasteiger partial charge in [-0.3, -0.25) is 9.59 Å².